The first-order chi connectivity index (χ1) is 5.46. The normalized spacial score (nSPS) is 23.8. The minimum atomic E-state index is -4.65. The molecule has 2 amide bonds. The van der Waals surface area contributed by atoms with Crippen LogP contribution in [0.15, 0.2) is 10.2 Å². The monoisotopic (exact) mass is 183 g/mol. The average molecular weight is 183 g/mol. The number of halogens is 3. The molecule has 0 bridgehead atoms. The third-order valence-electron chi connectivity index (χ3n) is 1.15. The first kappa shape index (κ1) is 8.91. The van der Waals surface area contributed by atoms with Gasteiger partial charge in [-0.25, -0.2) is 4.79 Å². The summed E-state index contributed by atoms with van der Waals surface area (Å²) in [6.07, 6.45) is -6.96. The van der Waals surface area contributed by atoms with E-state index in [4.69, 9.17) is 0 Å². The molecule has 0 radical (unpaired) electrons. The van der Waals surface area contributed by atoms with Crippen LogP contribution in [0.2, 0.25) is 0 Å². The zero-order valence-electron chi connectivity index (χ0n) is 5.87. The van der Waals surface area contributed by atoms with E-state index in [1.807, 2.05) is 0 Å². The lowest BCUT2D eigenvalue weighted by atomic mass is 10.5. The van der Waals surface area contributed by atoms with Crippen molar-refractivity contribution in [3.63, 3.8) is 0 Å². The van der Waals surface area contributed by atoms with Gasteiger partial charge in [0.2, 0.25) is 0 Å². The second kappa shape index (κ2) is 2.70. The zero-order chi connectivity index (χ0) is 9.35. The Morgan fingerprint density at radius 3 is 2.50 bits per heavy atom. The zero-order valence-corrected chi connectivity index (χ0v) is 5.87. The van der Waals surface area contributed by atoms with E-state index in [2.05, 4.69) is 15.1 Å². The molecule has 1 heterocycles. The highest BCUT2D eigenvalue weighted by Gasteiger charge is 2.50. The molecule has 1 atom stereocenters. The van der Waals surface area contributed by atoms with Gasteiger partial charge in [0.1, 0.15) is 0 Å². The molecule has 0 saturated carbocycles. The van der Waals surface area contributed by atoms with Gasteiger partial charge in [-0.15, -0.1) is 5.11 Å². The fourth-order valence-corrected chi connectivity index (χ4v) is 0.676. The van der Waals surface area contributed by atoms with Crippen LogP contribution in [0.1, 0.15) is 0 Å². The Balaban J connectivity index is 2.80. The second-order valence-corrected chi connectivity index (χ2v) is 1.92. The molecule has 1 unspecified atom stereocenters. The number of hydrogen-bond acceptors (Lipinski definition) is 3. The molecule has 0 fully saturated rings. The van der Waals surface area contributed by atoms with Crippen molar-refractivity contribution < 1.29 is 22.8 Å². The van der Waals surface area contributed by atoms with Gasteiger partial charge in [0, 0.05) is 0 Å². The van der Waals surface area contributed by atoms with Crippen LogP contribution in [-0.2, 0) is 4.84 Å². The lowest BCUT2D eigenvalue weighted by Gasteiger charge is -2.19. The van der Waals surface area contributed by atoms with Gasteiger partial charge in [0.15, 0.2) is 0 Å². The van der Waals surface area contributed by atoms with Crippen molar-refractivity contribution in [1.29, 1.82) is 0 Å². The first-order valence-electron chi connectivity index (χ1n) is 2.81. The van der Waals surface area contributed by atoms with Crippen molar-refractivity contribution >= 4 is 6.03 Å². The summed E-state index contributed by atoms with van der Waals surface area (Å²) >= 11 is 0. The van der Waals surface area contributed by atoms with Crippen molar-refractivity contribution in [2.24, 2.45) is 10.2 Å². The van der Waals surface area contributed by atoms with Crippen molar-refractivity contribution in [3.05, 3.63) is 0 Å². The molecule has 12 heavy (non-hydrogen) atoms. The van der Waals surface area contributed by atoms with Gasteiger partial charge in [-0.05, 0) is 0 Å². The molecule has 0 aromatic rings. The molecular formula is C4H4F3N3O2. The SMILES string of the molecule is CON1C(=O)N=NC1C(F)(F)F. The highest BCUT2D eigenvalue weighted by atomic mass is 19.4. The van der Waals surface area contributed by atoms with E-state index in [0.29, 0.717) is 0 Å². The van der Waals surface area contributed by atoms with Gasteiger partial charge in [-0.3, -0.25) is 4.84 Å². The first-order valence-corrected chi connectivity index (χ1v) is 2.81. The number of alkyl halides is 3. The molecule has 0 aromatic carbocycles. The van der Waals surface area contributed by atoms with Crippen molar-refractivity contribution in [2.75, 3.05) is 7.11 Å². The van der Waals surface area contributed by atoms with E-state index in [0.717, 1.165) is 7.11 Å². The largest absolute Gasteiger partial charge is 0.433 e. The fourth-order valence-electron chi connectivity index (χ4n) is 0.676. The molecule has 0 saturated heterocycles. The van der Waals surface area contributed by atoms with E-state index >= 15 is 0 Å². The molecular weight excluding hydrogens is 179 g/mol. The lowest BCUT2D eigenvalue weighted by molar-refractivity contribution is -0.231. The third-order valence-corrected chi connectivity index (χ3v) is 1.15. The van der Waals surface area contributed by atoms with Crippen LogP contribution in [-0.4, -0.2) is 30.5 Å². The van der Waals surface area contributed by atoms with Gasteiger partial charge in [-0.1, -0.05) is 5.11 Å². The quantitative estimate of drug-likeness (QED) is 0.615. The number of nitrogens with zero attached hydrogens (tertiary/aromatic N) is 3. The van der Waals surface area contributed by atoms with E-state index < -0.39 is 18.4 Å². The molecule has 68 valence electrons. The molecule has 0 N–H and O–H groups in total. The number of carbonyl (C=O) groups is 1. The predicted octanol–water partition coefficient (Wildman–Crippen LogP) is 1.32. The van der Waals surface area contributed by atoms with Crippen LogP contribution in [0.4, 0.5) is 18.0 Å². The summed E-state index contributed by atoms with van der Waals surface area (Å²) in [4.78, 5) is 14.6. The van der Waals surface area contributed by atoms with Crippen LogP contribution < -0.4 is 0 Å². The fraction of sp³-hybridized carbons (Fsp3) is 0.750. The number of amides is 2. The average Bonchev–Trinajstić information content (AvgIpc) is 2.29. The van der Waals surface area contributed by atoms with Gasteiger partial charge in [0.05, 0.1) is 7.11 Å². The van der Waals surface area contributed by atoms with E-state index in [1.54, 1.807) is 0 Å². The Kier molecular flexibility index (Phi) is 2.01. The maximum Gasteiger partial charge on any atom is 0.433 e. The molecule has 8 heteroatoms. The van der Waals surface area contributed by atoms with E-state index in [-0.39, 0.29) is 5.06 Å². The molecule has 0 aliphatic carbocycles. The summed E-state index contributed by atoms with van der Waals surface area (Å²) in [5.74, 6) is 0. The lowest BCUT2D eigenvalue weighted by Crippen LogP contribution is -2.42. The summed E-state index contributed by atoms with van der Waals surface area (Å²) in [6, 6.07) is -1.15. The van der Waals surface area contributed by atoms with Crippen LogP contribution in [0, 0.1) is 0 Å². The minimum absolute atomic E-state index is 0.0556. The molecule has 1 rings (SSSR count). The Labute approximate surface area is 64.8 Å². The van der Waals surface area contributed by atoms with Crippen molar-refractivity contribution in [2.45, 2.75) is 12.3 Å². The van der Waals surface area contributed by atoms with Crippen LogP contribution in [0.5, 0.6) is 0 Å². The highest BCUT2D eigenvalue weighted by molar-refractivity contribution is 5.75. The Morgan fingerprint density at radius 1 is 1.58 bits per heavy atom. The van der Waals surface area contributed by atoms with Gasteiger partial charge < -0.3 is 0 Å². The van der Waals surface area contributed by atoms with Crippen molar-refractivity contribution in [1.82, 2.24) is 5.06 Å². The van der Waals surface area contributed by atoms with E-state index in [9.17, 15) is 18.0 Å². The summed E-state index contributed by atoms with van der Waals surface area (Å²) < 4.78 is 35.8. The highest BCUT2D eigenvalue weighted by Crippen LogP contribution is 2.29. The summed E-state index contributed by atoms with van der Waals surface area (Å²) in [5.41, 5.74) is 0. The van der Waals surface area contributed by atoms with Crippen LogP contribution in [0.3, 0.4) is 0 Å². The minimum Gasteiger partial charge on any atom is -0.270 e. The number of carbonyl (C=O) groups excluding carboxylic acids is 1. The third kappa shape index (κ3) is 1.37. The number of urea groups is 1. The maximum atomic E-state index is 11.9. The molecule has 0 spiro atoms. The predicted molar refractivity (Wildman–Crippen MR) is 28.9 cm³/mol. The Bertz CT molecular complexity index is 226. The smallest absolute Gasteiger partial charge is 0.270 e. The van der Waals surface area contributed by atoms with Crippen LogP contribution in [0.25, 0.3) is 0 Å². The summed E-state index contributed by atoms with van der Waals surface area (Å²) in [5, 5.41) is 5.45. The number of hydrogen-bond donors (Lipinski definition) is 0. The van der Waals surface area contributed by atoms with Gasteiger partial charge in [-0.2, -0.15) is 18.2 Å². The molecule has 1 aliphatic heterocycles. The number of hydroxylamine groups is 2. The Morgan fingerprint density at radius 2 is 2.17 bits per heavy atom. The number of azo groups is 1. The standard InChI is InChI=1S/C4H4F3N3O2/c1-12-10-2(4(5,6)7)8-9-3(10)11/h2H,1H3. The topological polar surface area (TPSA) is 54.3 Å². The van der Waals surface area contributed by atoms with Gasteiger partial charge >= 0.3 is 12.2 Å². The van der Waals surface area contributed by atoms with E-state index in [1.165, 1.54) is 0 Å². The summed E-state index contributed by atoms with van der Waals surface area (Å²) in [6.45, 7) is 0. The molecule has 1 aliphatic rings. The van der Waals surface area contributed by atoms with Crippen LogP contribution >= 0.6 is 0 Å². The maximum absolute atomic E-state index is 11.9. The molecule has 5 nitrogen and oxygen atoms in total. The second-order valence-electron chi connectivity index (χ2n) is 1.92. The van der Waals surface area contributed by atoms with Gasteiger partial charge in [0.25, 0.3) is 6.17 Å². The molecule has 0 aromatic heterocycles. The Hall–Kier alpha value is -1.18. The summed E-state index contributed by atoms with van der Waals surface area (Å²) in [7, 11) is 0.938. The number of rotatable bonds is 1. The van der Waals surface area contributed by atoms with Crippen molar-refractivity contribution in [3.8, 4) is 0 Å².